The standard InChI is InChI=1S/C22H23N5OS/c1-5-18-10-19-21(29-18)23-13-27(22(19)28)24-11-20-15(3)25-26(16(20)4)12-17-8-6-14(2)7-9-17/h6-11,13H,5,12H2,1-4H3/b24-11-. The van der Waals surface area contributed by atoms with Gasteiger partial charge in [-0.25, -0.2) is 4.98 Å². The molecule has 4 aromatic rings. The first-order valence-corrected chi connectivity index (χ1v) is 10.4. The number of aryl methyl sites for hydroxylation is 3. The second-order valence-electron chi connectivity index (χ2n) is 7.15. The SMILES string of the molecule is CCc1cc2c(=O)n(/N=C\c3c(C)nn(Cc4ccc(C)cc4)c3C)cnc2s1. The highest BCUT2D eigenvalue weighted by Crippen LogP contribution is 2.21. The van der Waals surface area contributed by atoms with Crippen LogP contribution in [0.25, 0.3) is 10.2 Å². The number of fused-ring (bicyclic) bond motifs is 1. The van der Waals surface area contributed by atoms with E-state index in [2.05, 4.69) is 53.3 Å². The maximum atomic E-state index is 12.7. The highest BCUT2D eigenvalue weighted by Gasteiger charge is 2.11. The molecule has 0 aliphatic carbocycles. The number of aromatic nitrogens is 4. The van der Waals surface area contributed by atoms with E-state index in [-0.39, 0.29) is 5.56 Å². The van der Waals surface area contributed by atoms with E-state index in [1.54, 1.807) is 17.6 Å². The molecule has 0 unspecified atom stereocenters. The number of nitrogens with zero attached hydrogens (tertiary/aromatic N) is 5. The van der Waals surface area contributed by atoms with E-state index in [0.29, 0.717) is 11.9 Å². The van der Waals surface area contributed by atoms with Crippen molar-refractivity contribution in [3.63, 3.8) is 0 Å². The van der Waals surface area contributed by atoms with Crippen molar-refractivity contribution in [2.45, 2.75) is 40.7 Å². The minimum absolute atomic E-state index is 0.149. The minimum Gasteiger partial charge on any atom is -0.267 e. The topological polar surface area (TPSA) is 65.1 Å². The van der Waals surface area contributed by atoms with Crippen LogP contribution in [0.15, 0.2) is 46.6 Å². The lowest BCUT2D eigenvalue weighted by Gasteiger charge is -2.05. The van der Waals surface area contributed by atoms with Crippen LogP contribution in [-0.2, 0) is 13.0 Å². The van der Waals surface area contributed by atoms with Gasteiger partial charge in [0.25, 0.3) is 5.56 Å². The van der Waals surface area contributed by atoms with Crippen molar-refractivity contribution in [1.82, 2.24) is 19.4 Å². The van der Waals surface area contributed by atoms with E-state index in [9.17, 15) is 4.79 Å². The molecular weight excluding hydrogens is 382 g/mol. The van der Waals surface area contributed by atoms with Gasteiger partial charge in [-0.15, -0.1) is 11.3 Å². The number of thiophene rings is 1. The zero-order valence-electron chi connectivity index (χ0n) is 17.0. The molecule has 0 saturated heterocycles. The van der Waals surface area contributed by atoms with Gasteiger partial charge in [0.05, 0.1) is 23.8 Å². The molecule has 7 heteroatoms. The van der Waals surface area contributed by atoms with E-state index in [0.717, 1.165) is 33.1 Å². The number of hydrogen-bond donors (Lipinski definition) is 0. The Labute approximate surface area is 173 Å². The lowest BCUT2D eigenvalue weighted by atomic mass is 10.1. The van der Waals surface area contributed by atoms with Crippen LogP contribution >= 0.6 is 11.3 Å². The molecular formula is C22H23N5OS. The van der Waals surface area contributed by atoms with Crippen LogP contribution in [0.3, 0.4) is 0 Å². The molecule has 148 valence electrons. The summed E-state index contributed by atoms with van der Waals surface area (Å²) in [5.41, 5.74) is 5.09. The lowest BCUT2D eigenvalue weighted by molar-refractivity contribution is 0.659. The smallest absolute Gasteiger partial charge is 0.267 e. The Bertz CT molecular complexity index is 1260. The first kappa shape index (κ1) is 19.3. The van der Waals surface area contributed by atoms with Crippen molar-refractivity contribution in [2.24, 2.45) is 5.10 Å². The molecule has 0 radical (unpaired) electrons. The Kier molecular flexibility index (Phi) is 5.15. The van der Waals surface area contributed by atoms with Gasteiger partial charge >= 0.3 is 0 Å². The predicted octanol–water partition coefficient (Wildman–Crippen LogP) is 4.07. The molecule has 4 rings (SSSR count). The second kappa shape index (κ2) is 7.75. The molecule has 0 fully saturated rings. The van der Waals surface area contributed by atoms with Crippen LogP contribution in [0, 0.1) is 20.8 Å². The Balaban J connectivity index is 1.64. The summed E-state index contributed by atoms with van der Waals surface area (Å²) >= 11 is 1.55. The lowest BCUT2D eigenvalue weighted by Crippen LogP contribution is -2.16. The first-order valence-electron chi connectivity index (χ1n) is 9.60. The van der Waals surface area contributed by atoms with Crippen LogP contribution in [0.1, 0.15) is 39.9 Å². The maximum Gasteiger partial charge on any atom is 0.282 e. The molecule has 29 heavy (non-hydrogen) atoms. The number of benzene rings is 1. The van der Waals surface area contributed by atoms with E-state index in [1.165, 1.54) is 22.1 Å². The van der Waals surface area contributed by atoms with Gasteiger partial charge in [-0.3, -0.25) is 9.48 Å². The summed E-state index contributed by atoms with van der Waals surface area (Å²) in [5, 5.41) is 9.65. The summed E-state index contributed by atoms with van der Waals surface area (Å²) in [6, 6.07) is 10.4. The van der Waals surface area contributed by atoms with Gasteiger partial charge in [-0.1, -0.05) is 36.8 Å². The molecule has 0 N–H and O–H groups in total. The highest BCUT2D eigenvalue weighted by molar-refractivity contribution is 7.18. The fraction of sp³-hybridized carbons (Fsp3) is 0.273. The Morgan fingerprint density at radius 1 is 1.17 bits per heavy atom. The van der Waals surface area contributed by atoms with Crippen LogP contribution in [0.4, 0.5) is 0 Å². The Morgan fingerprint density at radius 3 is 2.66 bits per heavy atom. The molecule has 1 aromatic carbocycles. The summed E-state index contributed by atoms with van der Waals surface area (Å²) in [7, 11) is 0. The zero-order valence-corrected chi connectivity index (χ0v) is 17.8. The van der Waals surface area contributed by atoms with Crippen LogP contribution in [-0.4, -0.2) is 25.7 Å². The number of hydrogen-bond acceptors (Lipinski definition) is 5. The molecule has 0 saturated carbocycles. The maximum absolute atomic E-state index is 12.7. The molecule has 0 amide bonds. The third-order valence-electron chi connectivity index (χ3n) is 5.04. The average molecular weight is 406 g/mol. The zero-order chi connectivity index (χ0) is 20.5. The monoisotopic (exact) mass is 405 g/mol. The summed E-state index contributed by atoms with van der Waals surface area (Å²) in [6.45, 7) is 8.82. The Hall–Kier alpha value is -3.06. The molecule has 3 aromatic heterocycles. The summed E-state index contributed by atoms with van der Waals surface area (Å²) in [6.07, 6.45) is 4.08. The van der Waals surface area contributed by atoms with E-state index >= 15 is 0 Å². The fourth-order valence-electron chi connectivity index (χ4n) is 3.26. The van der Waals surface area contributed by atoms with Crippen molar-refractivity contribution < 1.29 is 0 Å². The molecule has 0 spiro atoms. The summed E-state index contributed by atoms with van der Waals surface area (Å²) in [5.74, 6) is 0. The van der Waals surface area contributed by atoms with Crippen molar-refractivity contribution in [1.29, 1.82) is 0 Å². The minimum atomic E-state index is -0.149. The van der Waals surface area contributed by atoms with Gasteiger partial charge in [0.1, 0.15) is 11.2 Å². The quantitative estimate of drug-likeness (QED) is 0.470. The van der Waals surface area contributed by atoms with E-state index in [1.807, 2.05) is 24.6 Å². The number of rotatable bonds is 5. The van der Waals surface area contributed by atoms with Crippen LogP contribution in [0.2, 0.25) is 0 Å². The third kappa shape index (κ3) is 3.78. The third-order valence-corrected chi connectivity index (χ3v) is 6.22. The van der Waals surface area contributed by atoms with Gasteiger partial charge in [0.15, 0.2) is 0 Å². The Morgan fingerprint density at radius 2 is 1.93 bits per heavy atom. The molecule has 0 aliphatic heterocycles. The van der Waals surface area contributed by atoms with E-state index in [4.69, 9.17) is 0 Å². The fourth-order valence-corrected chi connectivity index (χ4v) is 4.18. The van der Waals surface area contributed by atoms with Crippen molar-refractivity contribution >= 4 is 27.8 Å². The van der Waals surface area contributed by atoms with Gasteiger partial charge in [-0.05, 0) is 38.8 Å². The van der Waals surface area contributed by atoms with Gasteiger partial charge in [0.2, 0.25) is 0 Å². The second-order valence-corrected chi connectivity index (χ2v) is 8.27. The predicted molar refractivity (Wildman–Crippen MR) is 118 cm³/mol. The largest absolute Gasteiger partial charge is 0.282 e. The molecule has 0 bridgehead atoms. The van der Waals surface area contributed by atoms with E-state index < -0.39 is 0 Å². The normalized spacial score (nSPS) is 11.7. The van der Waals surface area contributed by atoms with Gasteiger partial charge in [-0.2, -0.15) is 14.9 Å². The van der Waals surface area contributed by atoms with Gasteiger partial charge in [0, 0.05) is 16.1 Å². The van der Waals surface area contributed by atoms with Crippen molar-refractivity contribution in [3.05, 3.63) is 80.0 Å². The molecule has 0 atom stereocenters. The molecule has 3 heterocycles. The average Bonchev–Trinajstić information content (AvgIpc) is 3.25. The van der Waals surface area contributed by atoms with Crippen LogP contribution < -0.4 is 5.56 Å². The summed E-state index contributed by atoms with van der Waals surface area (Å²) in [4.78, 5) is 19.0. The van der Waals surface area contributed by atoms with Crippen molar-refractivity contribution in [3.8, 4) is 0 Å². The molecule has 0 aliphatic rings. The van der Waals surface area contributed by atoms with Crippen LogP contribution in [0.5, 0.6) is 0 Å². The highest BCUT2D eigenvalue weighted by atomic mass is 32.1. The summed E-state index contributed by atoms with van der Waals surface area (Å²) < 4.78 is 3.27. The first-order chi connectivity index (χ1) is 14.0. The van der Waals surface area contributed by atoms with Crippen molar-refractivity contribution in [2.75, 3.05) is 0 Å². The van der Waals surface area contributed by atoms with Gasteiger partial charge < -0.3 is 0 Å². The molecule has 6 nitrogen and oxygen atoms in total.